The molecule has 0 aromatic heterocycles. The Morgan fingerprint density at radius 2 is 2.00 bits per heavy atom. The maximum Gasteiger partial charge on any atom is 0.308 e. The fourth-order valence-electron chi connectivity index (χ4n) is 1.64. The van der Waals surface area contributed by atoms with E-state index in [1.165, 1.54) is 14.0 Å². The first-order valence-electron chi connectivity index (χ1n) is 5.76. The number of carbonyl (C=O) groups excluding carboxylic acids is 1. The number of nitro benzene ring substituents is 1. The van der Waals surface area contributed by atoms with Crippen molar-refractivity contribution in [2.24, 2.45) is 5.92 Å². The van der Waals surface area contributed by atoms with Crippen LogP contribution in [0.25, 0.3) is 0 Å². The van der Waals surface area contributed by atoms with Crippen LogP contribution in [0.2, 0.25) is 0 Å². The highest BCUT2D eigenvalue weighted by Crippen LogP contribution is 2.23. The number of carbonyl (C=O) groups is 2. The van der Waals surface area contributed by atoms with E-state index in [0.717, 1.165) is 4.90 Å². The summed E-state index contributed by atoms with van der Waals surface area (Å²) in [6.07, 6.45) is 0. The number of aliphatic carboxylic acids is 1. The summed E-state index contributed by atoms with van der Waals surface area (Å²) in [4.78, 5) is 33.0. The van der Waals surface area contributed by atoms with Crippen LogP contribution in [-0.2, 0) is 4.79 Å². The second-order valence-electron chi connectivity index (χ2n) is 4.47. The summed E-state index contributed by atoms with van der Waals surface area (Å²) in [5, 5.41) is 19.3. The highest BCUT2D eigenvalue weighted by atomic mass is 19.1. The van der Waals surface area contributed by atoms with Crippen LogP contribution < -0.4 is 0 Å². The molecule has 1 amide bonds. The molecule has 0 spiro atoms. The molecule has 7 nitrogen and oxygen atoms in total. The van der Waals surface area contributed by atoms with Crippen molar-refractivity contribution in [3.63, 3.8) is 0 Å². The van der Waals surface area contributed by atoms with Gasteiger partial charge >= 0.3 is 11.7 Å². The molecule has 0 aliphatic carbocycles. The number of carboxylic acid groups (broad SMARTS) is 1. The number of benzene rings is 1. The van der Waals surface area contributed by atoms with Crippen molar-refractivity contribution in [3.05, 3.63) is 39.4 Å². The number of carboxylic acids is 1. The van der Waals surface area contributed by atoms with Gasteiger partial charge in [0.2, 0.25) is 5.82 Å². The summed E-state index contributed by atoms with van der Waals surface area (Å²) in [7, 11) is 1.19. The Balaban J connectivity index is 3.13. The quantitative estimate of drug-likeness (QED) is 0.658. The molecule has 1 aromatic rings. The van der Waals surface area contributed by atoms with E-state index in [0.29, 0.717) is 12.1 Å². The van der Waals surface area contributed by atoms with Crippen molar-refractivity contribution in [2.45, 2.75) is 6.92 Å². The van der Waals surface area contributed by atoms with Gasteiger partial charge in [-0.2, -0.15) is 4.39 Å². The van der Waals surface area contributed by atoms with Gasteiger partial charge in [-0.1, -0.05) is 6.92 Å². The van der Waals surface area contributed by atoms with Crippen molar-refractivity contribution in [1.82, 2.24) is 4.90 Å². The molecule has 0 bridgehead atoms. The number of nitro groups is 1. The van der Waals surface area contributed by atoms with Gasteiger partial charge in [-0.05, 0) is 6.07 Å². The summed E-state index contributed by atoms with van der Waals surface area (Å²) in [5.74, 6) is -5.72. The van der Waals surface area contributed by atoms with Gasteiger partial charge in [-0.25, -0.2) is 4.39 Å². The van der Waals surface area contributed by atoms with Crippen LogP contribution in [0.1, 0.15) is 17.3 Å². The molecule has 0 saturated carbocycles. The molecule has 1 N–H and O–H groups in total. The second-order valence-corrected chi connectivity index (χ2v) is 4.47. The predicted molar refractivity (Wildman–Crippen MR) is 66.8 cm³/mol. The molecule has 0 aliphatic rings. The zero-order chi connectivity index (χ0) is 16.3. The molecule has 114 valence electrons. The van der Waals surface area contributed by atoms with Gasteiger partial charge in [0.1, 0.15) is 5.82 Å². The molecule has 1 aromatic carbocycles. The maximum atomic E-state index is 13.8. The third kappa shape index (κ3) is 3.71. The minimum Gasteiger partial charge on any atom is -0.481 e. The average Bonchev–Trinajstić information content (AvgIpc) is 2.39. The molecule has 0 heterocycles. The van der Waals surface area contributed by atoms with Crippen LogP contribution in [0.15, 0.2) is 12.1 Å². The topological polar surface area (TPSA) is 101 Å². The van der Waals surface area contributed by atoms with E-state index in [-0.39, 0.29) is 6.54 Å². The van der Waals surface area contributed by atoms with Crippen molar-refractivity contribution in [1.29, 1.82) is 0 Å². The van der Waals surface area contributed by atoms with Crippen LogP contribution in [0.3, 0.4) is 0 Å². The monoisotopic (exact) mass is 302 g/mol. The van der Waals surface area contributed by atoms with Gasteiger partial charge in [0, 0.05) is 13.6 Å². The van der Waals surface area contributed by atoms with Gasteiger partial charge < -0.3 is 10.0 Å². The fraction of sp³-hybridized carbons (Fsp3) is 0.333. The fourth-order valence-corrected chi connectivity index (χ4v) is 1.64. The van der Waals surface area contributed by atoms with Crippen LogP contribution in [0, 0.1) is 27.7 Å². The first kappa shape index (κ1) is 16.5. The molecule has 1 atom stereocenters. The standard InChI is InChI=1S/C12H12F2N2O5/c1-6(12(18)19)5-15(2)11(17)8-3-7(13)4-9(10(8)14)16(20)21/h3-4,6H,5H2,1-2H3,(H,18,19). The lowest BCUT2D eigenvalue weighted by molar-refractivity contribution is -0.387. The van der Waals surface area contributed by atoms with Gasteiger partial charge in [-0.15, -0.1) is 0 Å². The van der Waals surface area contributed by atoms with Crippen molar-refractivity contribution >= 4 is 17.6 Å². The average molecular weight is 302 g/mol. The Bertz CT molecular complexity index is 606. The maximum absolute atomic E-state index is 13.8. The SMILES string of the molecule is CC(CN(C)C(=O)c1cc(F)cc([N+](=O)[O-])c1F)C(=O)O. The number of amides is 1. The van der Waals surface area contributed by atoms with Crippen LogP contribution in [-0.4, -0.2) is 40.4 Å². The van der Waals surface area contributed by atoms with E-state index in [1.807, 2.05) is 0 Å². The van der Waals surface area contributed by atoms with Crippen LogP contribution in [0.4, 0.5) is 14.5 Å². The summed E-state index contributed by atoms with van der Waals surface area (Å²) >= 11 is 0. The van der Waals surface area contributed by atoms with Gasteiger partial charge in [0.05, 0.1) is 22.5 Å². The summed E-state index contributed by atoms with van der Waals surface area (Å²) in [6, 6.07) is 0.901. The van der Waals surface area contributed by atoms with Gasteiger partial charge in [0.25, 0.3) is 5.91 Å². The van der Waals surface area contributed by atoms with Crippen LogP contribution >= 0.6 is 0 Å². The molecule has 1 unspecified atom stereocenters. The lowest BCUT2D eigenvalue weighted by Crippen LogP contribution is -2.34. The van der Waals surface area contributed by atoms with Crippen molar-refractivity contribution in [2.75, 3.05) is 13.6 Å². The molecule has 21 heavy (non-hydrogen) atoms. The van der Waals surface area contributed by atoms with E-state index < -0.39 is 45.6 Å². The molecule has 0 radical (unpaired) electrons. The molecule has 0 aliphatic heterocycles. The van der Waals surface area contributed by atoms with E-state index in [2.05, 4.69) is 0 Å². The van der Waals surface area contributed by atoms with Gasteiger partial charge in [0.15, 0.2) is 0 Å². The smallest absolute Gasteiger partial charge is 0.308 e. The zero-order valence-electron chi connectivity index (χ0n) is 11.2. The Kier molecular flexibility index (Phi) is 4.90. The largest absolute Gasteiger partial charge is 0.481 e. The molecule has 1 rings (SSSR count). The molecule has 9 heteroatoms. The third-order valence-electron chi connectivity index (χ3n) is 2.76. The number of hydrogen-bond acceptors (Lipinski definition) is 4. The predicted octanol–water partition coefficient (Wildman–Crippen LogP) is 1.67. The number of hydrogen-bond donors (Lipinski definition) is 1. The molecule has 0 saturated heterocycles. The molecule has 0 fully saturated rings. The highest BCUT2D eigenvalue weighted by molar-refractivity contribution is 5.95. The first-order chi connectivity index (χ1) is 9.65. The van der Waals surface area contributed by atoms with Gasteiger partial charge in [-0.3, -0.25) is 19.7 Å². The Morgan fingerprint density at radius 1 is 1.43 bits per heavy atom. The summed E-state index contributed by atoms with van der Waals surface area (Å²) < 4.78 is 27.1. The molecular weight excluding hydrogens is 290 g/mol. The third-order valence-corrected chi connectivity index (χ3v) is 2.76. The zero-order valence-corrected chi connectivity index (χ0v) is 11.2. The highest BCUT2D eigenvalue weighted by Gasteiger charge is 2.27. The van der Waals surface area contributed by atoms with Crippen LogP contribution in [0.5, 0.6) is 0 Å². The Labute approximate surface area is 117 Å². The minimum atomic E-state index is -1.46. The first-order valence-corrected chi connectivity index (χ1v) is 5.76. The van der Waals surface area contributed by atoms with E-state index in [9.17, 15) is 28.5 Å². The summed E-state index contributed by atoms with van der Waals surface area (Å²) in [5.41, 5.74) is -1.97. The van der Waals surface area contributed by atoms with E-state index in [4.69, 9.17) is 5.11 Å². The minimum absolute atomic E-state index is 0.252. The van der Waals surface area contributed by atoms with Crippen molar-refractivity contribution < 1.29 is 28.4 Å². The molecular formula is C12H12F2N2O5. The van der Waals surface area contributed by atoms with E-state index >= 15 is 0 Å². The second kappa shape index (κ2) is 6.25. The number of halogens is 2. The number of rotatable bonds is 5. The lowest BCUT2D eigenvalue weighted by Gasteiger charge is -2.19. The Morgan fingerprint density at radius 3 is 2.48 bits per heavy atom. The van der Waals surface area contributed by atoms with Crippen molar-refractivity contribution in [3.8, 4) is 0 Å². The van der Waals surface area contributed by atoms with E-state index in [1.54, 1.807) is 0 Å². The number of nitrogens with zero attached hydrogens (tertiary/aromatic N) is 2. The Hall–Kier alpha value is -2.58. The normalized spacial score (nSPS) is 11.8. The lowest BCUT2D eigenvalue weighted by atomic mass is 10.1. The summed E-state index contributed by atoms with van der Waals surface area (Å²) in [6.45, 7) is 1.08.